The lowest BCUT2D eigenvalue weighted by atomic mass is 10.0. The number of fused-ring (bicyclic) bond motifs is 1. The van der Waals surface area contributed by atoms with Crippen LogP contribution in [0.3, 0.4) is 0 Å². The number of rotatable bonds is 3. The minimum atomic E-state index is -0.373. The van der Waals surface area contributed by atoms with Gasteiger partial charge in [0.05, 0.1) is 5.39 Å². The molecule has 0 saturated carbocycles. The quantitative estimate of drug-likeness (QED) is 0.577. The summed E-state index contributed by atoms with van der Waals surface area (Å²) in [5.74, 6) is 0.667. The van der Waals surface area contributed by atoms with Gasteiger partial charge in [-0.2, -0.15) is 4.98 Å². The number of carbonyl (C=O) groups excluding carboxylic acids is 1. The Morgan fingerprint density at radius 2 is 1.88 bits per heavy atom. The van der Waals surface area contributed by atoms with Gasteiger partial charge in [0, 0.05) is 26.2 Å². The minimum Gasteiger partial charge on any atom is -0.427 e. The maximum Gasteiger partial charge on any atom is 0.308 e. The van der Waals surface area contributed by atoms with Gasteiger partial charge in [-0.05, 0) is 42.2 Å². The van der Waals surface area contributed by atoms with E-state index in [9.17, 15) is 9.59 Å². The summed E-state index contributed by atoms with van der Waals surface area (Å²) >= 11 is 0. The predicted molar refractivity (Wildman–Crippen MR) is 98.4 cm³/mol. The molecule has 1 aliphatic rings. The molecule has 0 bridgehead atoms. The number of esters is 1. The van der Waals surface area contributed by atoms with Crippen molar-refractivity contribution in [1.29, 1.82) is 0 Å². The SMILES string of the molecule is CC(=O)Oc1ccc(-c2ccnc3nc(N4CCCC4)[nH]c(=O)c23)cc1. The molecule has 0 aliphatic carbocycles. The third-order valence-corrected chi connectivity index (χ3v) is 4.43. The van der Waals surface area contributed by atoms with E-state index in [-0.39, 0.29) is 11.5 Å². The minimum absolute atomic E-state index is 0.205. The molecule has 132 valence electrons. The molecule has 0 atom stereocenters. The highest BCUT2D eigenvalue weighted by Gasteiger charge is 2.17. The number of nitrogens with zero attached hydrogens (tertiary/aromatic N) is 3. The molecule has 1 fully saturated rings. The highest BCUT2D eigenvalue weighted by molar-refractivity contribution is 5.92. The van der Waals surface area contributed by atoms with Crippen molar-refractivity contribution in [2.75, 3.05) is 18.0 Å². The van der Waals surface area contributed by atoms with Crippen molar-refractivity contribution in [3.05, 3.63) is 46.9 Å². The van der Waals surface area contributed by atoms with Crippen LogP contribution >= 0.6 is 0 Å². The van der Waals surface area contributed by atoms with Crippen LogP contribution in [-0.2, 0) is 4.79 Å². The van der Waals surface area contributed by atoms with Gasteiger partial charge in [-0.3, -0.25) is 14.6 Å². The van der Waals surface area contributed by atoms with E-state index < -0.39 is 0 Å². The molecule has 7 nitrogen and oxygen atoms in total. The van der Waals surface area contributed by atoms with Gasteiger partial charge in [0.1, 0.15) is 5.75 Å². The lowest BCUT2D eigenvalue weighted by molar-refractivity contribution is -0.131. The average Bonchev–Trinajstić information content (AvgIpc) is 3.16. The number of carbonyl (C=O) groups is 1. The first-order valence-electron chi connectivity index (χ1n) is 8.54. The van der Waals surface area contributed by atoms with Crippen molar-refractivity contribution in [2.45, 2.75) is 19.8 Å². The number of ether oxygens (including phenoxy) is 1. The second kappa shape index (κ2) is 6.59. The molecule has 7 heteroatoms. The molecule has 2 aromatic heterocycles. The fraction of sp³-hybridized carbons (Fsp3) is 0.263. The van der Waals surface area contributed by atoms with Gasteiger partial charge in [0.25, 0.3) is 5.56 Å². The topological polar surface area (TPSA) is 88.2 Å². The molecule has 1 saturated heterocycles. The molecule has 0 spiro atoms. The summed E-state index contributed by atoms with van der Waals surface area (Å²) in [6, 6.07) is 8.80. The zero-order valence-electron chi connectivity index (χ0n) is 14.4. The second-order valence-corrected chi connectivity index (χ2v) is 6.26. The van der Waals surface area contributed by atoms with E-state index in [0.717, 1.165) is 37.1 Å². The number of aromatic amines is 1. The summed E-state index contributed by atoms with van der Waals surface area (Å²) in [6.07, 6.45) is 3.85. The summed E-state index contributed by atoms with van der Waals surface area (Å²) in [5.41, 5.74) is 1.79. The first kappa shape index (κ1) is 16.3. The monoisotopic (exact) mass is 350 g/mol. The number of benzene rings is 1. The van der Waals surface area contributed by atoms with Crippen molar-refractivity contribution < 1.29 is 9.53 Å². The largest absolute Gasteiger partial charge is 0.427 e. The first-order valence-corrected chi connectivity index (χ1v) is 8.54. The van der Waals surface area contributed by atoms with Gasteiger partial charge >= 0.3 is 5.97 Å². The van der Waals surface area contributed by atoms with Crippen LogP contribution in [0.15, 0.2) is 41.3 Å². The highest BCUT2D eigenvalue weighted by Crippen LogP contribution is 2.27. The van der Waals surface area contributed by atoms with Gasteiger partial charge in [-0.1, -0.05) is 12.1 Å². The lowest BCUT2D eigenvalue weighted by Gasteiger charge is -2.16. The summed E-state index contributed by atoms with van der Waals surface area (Å²) in [4.78, 5) is 37.6. The van der Waals surface area contributed by atoms with Crippen molar-refractivity contribution in [1.82, 2.24) is 15.0 Å². The number of hydrogen-bond acceptors (Lipinski definition) is 6. The van der Waals surface area contributed by atoms with Crippen LogP contribution in [0.2, 0.25) is 0 Å². The van der Waals surface area contributed by atoms with Crippen molar-refractivity contribution in [3.8, 4) is 16.9 Å². The standard InChI is InChI=1S/C19H18N4O3/c1-12(24)26-14-6-4-13(5-7-14)15-8-9-20-17-16(15)18(25)22-19(21-17)23-10-2-3-11-23/h4-9H,2-3,10-11H2,1H3,(H,20,21,22,25). The fourth-order valence-corrected chi connectivity index (χ4v) is 3.24. The molecule has 26 heavy (non-hydrogen) atoms. The van der Waals surface area contributed by atoms with Crippen molar-refractivity contribution >= 4 is 23.0 Å². The second-order valence-electron chi connectivity index (χ2n) is 6.26. The van der Waals surface area contributed by atoms with Crippen LogP contribution in [-0.4, -0.2) is 34.0 Å². The molecule has 3 heterocycles. The Morgan fingerprint density at radius 1 is 1.15 bits per heavy atom. The molecule has 1 N–H and O–H groups in total. The van der Waals surface area contributed by atoms with Gasteiger partial charge in [-0.25, -0.2) is 4.98 Å². The molecule has 3 aromatic rings. The third-order valence-electron chi connectivity index (χ3n) is 4.43. The van der Waals surface area contributed by atoms with Crippen LogP contribution in [0.25, 0.3) is 22.2 Å². The number of H-pyrrole nitrogens is 1. The Morgan fingerprint density at radius 3 is 2.58 bits per heavy atom. The van der Waals surface area contributed by atoms with Crippen LogP contribution in [0.1, 0.15) is 19.8 Å². The van der Waals surface area contributed by atoms with E-state index >= 15 is 0 Å². The fourth-order valence-electron chi connectivity index (χ4n) is 3.24. The van der Waals surface area contributed by atoms with Gasteiger partial charge < -0.3 is 9.64 Å². The van der Waals surface area contributed by atoms with E-state index in [0.29, 0.717) is 22.7 Å². The van der Waals surface area contributed by atoms with Crippen LogP contribution in [0, 0.1) is 0 Å². The van der Waals surface area contributed by atoms with E-state index in [1.54, 1.807) is 36.5 Å². The third kappa shape index (κ3) is 3.03. The van der Waals surface area contributed by atoms with Crippen LogP contribution in [0.5, 0.6) is 5.75 Å². The van der Waals surface area contributed by atoms with Crippen molar-refractivity contribution in [2.24, 2.45) is 0 Å². The molecule has 0 radical (unpaired) electrons. The molecule has 1 aromatic carbocycles. The Hall–Kier alpha value is -3.22. The summed E-state index contributed by atoms with van der Waals surface area (Å²) in [7, 11) is 0. The van der Waals surface area contributed by atoms with Gasteiger partial charge in [0.2, 0.25) is 5.95 Å². The highest BCUT2D eigenvalue weighted by atomic mass is 16.5. The molecule has 0 unspecified atom stereocenters. The van der Waals surface area contributed by atoms with E-state index in [1.165, 1.54) is 6.92 Å². The molecular formula is C19H18N4O3. The van der Waals surface area contributed by atoms with E-state index in [1.807, 2.05) is 0 Å². The molecular weight excluding hydrogens is 332 g/mol. The van der Waals surface area contributed by atoms with Crippen molar-refractivity contribution in [3.63, 3.8) is 0 Å². The Balaban J connectivity index is 1.78. The predicted octanol–water partition coefficient (Wildman–Crippen LogP) is 2.51. The first-order chi connectivity index (χ1) is 12.6. The average molecular weight is 350 g/mol. The number of hydrogen-bond donors (Lipinski definition) is 1. The number of pyridine rings is 1. The Bertz CT molecular complexity index is 1020. The zero-order valence-corrected chi connectivity index (χ0v) is 14.4. The van der Waals surface area contributed by atoms with E-state index in [4.69, 9.17) is 4.74 Å². The summed E-state index contributed by atoms with van der Waals surface area (Å²) < 4.78 is 5.05. The van der Waals surface area contributed by atoms with Crippen LogP contribution < -0.4 is 15.2 Å². The maximum atomic E-state index is 12.7. The van der Waals surface area contributed by atoms with E-state index in [2.05, 4.69) is 19.9 Å². The summed E-state index contributed by atoms with van der Waals surface area (Å²) in [5, 5.41) is 0.454. The number of nitrogens with one attached hydrogen (secondary N) is 1. The lowest BCUT2D eigenvalue weighted by Crippen LogP contribution is -2.24. The molecule has 1 aliphatic heterocycles. The maximum absolute atomic E-state index is 12.7. The Kier molecular flexibility index (Phi) is 4.12. The van der Waals surface area contributed by atoms with Gasteiger partial charge in [0.15, 0.2) is 5.65 Å². The normalized spacial score (nSPS) is 14.0. The number of aromatic nitrogens is 3. The smallest absolute Gasteiger partial charge is 0.308 e. The van der Waals surface area contributed by atoms with Gasteiger partial charge in [-0.15, -0.1) is 0 Å². The molecule has 0 amide bonds. The summed E-state index contributed by atoms with van der Waals surface area (Å²) in [6.45, 7) is 3.14. The van der Waals surface area contributed by atoms with Crippen LogP contribution in [0.4, 0.5) is 5.95 Å². The number of anilines is 1. The Labute approximate surface area is 149 Å². The zero-order chi connectivity index (χ0) is 18.1. The molecule has 4 rings (SSSR count).